The first-order valence-corrected chi connectivity index (χ1v) is 37.2. The molecule has 0 spiro atoms. The van der Waals surface area contributed by atoms with E-state index < -0.39 is 445 Å². The van der Waals surface area contributed by atoms with Crippen molar-refractivity contribution in [2.24, 2.45) is 0 Å². The van der Waals surface area contributed by atoms with Gasteiger partial charge in [-0.05, 0) is 30.3 Å². The van der Waals surface area contributed by atoms with Crippen LogP contribution in [0, 0.1) is 0 Å². The minimum atomic E-state index is -3.66. The molecule has 10 aliphatic rings. The first-order valence-electron chi connectivity index (χ1n) is 37.2. The molecule has 10 aromatic rings. The normalized spacial score (nSPS) is 20.8. The van der Waals surface area contributed by atoms with Gasteiger partial charge in [-0.3, -0.25) is 0 Å². The summed E-state index contributed by atoms with van der Waals surface area (Å²) in [6.45, 7) is -4.22. The molecular weight excluding hydrogens is 1800 g/mol. The molecule has 0 saturated heterocycles. The van der Waals surface area contributed by atoms with Crippen LogP contribution in [-0.2, 0) is 47.4 Å². The summed E-state index contributed by atoms with van der Waals surface area (Å²) < 4.78 is 58.6. The molecule has 0 aromatic heterocycles. The summed E-state index contributed by atoms with van der Waals surface area (Å²) in [5.41, 5.74) is -42.6. The lowest BCUT2D eigenvalue weighted by molar-refractivity contribution is -0.154. The minimum absolute atomic E-state index is 0.0437. The molecule has 684 valence electrons. The van der Waals surface area contributed by atoms with Crippen LogP contribution in [0.5, 0.6) is 172 Å². The SMILES string of the molecule is O=C1OC[C@H]2OC(=O)c3cc(O)c(O)c(O)c3-c3c(O)c(O)c(O)c4c3C(=O)O[C@H]([C@H]3OC(=O)c5c-4c(O)c(O)c(O)c5[C@@H]3c3c(O)c(O)c(O)c4c3C(=O)OC[C@H]3OC(=O)c5cc(O)c(O)c(O)c5-c5c(O)c(O)c(O)c6c5C(=O)O[C@H]([C@H]5OC(=O)c7c-6c(O)c(O)c(O)c7[C@H]5O)[C@@H]3OC(=O)c3cc(O)c(O)c(O)c3-4)[C@@H]2OC(=O)c2cc(O)c(O)c(O)c2-c2c1cc(O)c(O)c2O. The third kappa shape index (κ3) is 11.3. The first kappa shape index (κ1) is 84.7. The fourth-order valence-corrected chi connectivity index (χ4v) is 17.5. The van der Waals surface area contributed by atoms with E-state index in [0.717, 1.165) is 0 Å². The molecule has 10 aromatic carbocycles. The number of cyclic esters (lactones) is 2. The molecule has 0 aliphatic carbocycles. The molecule has 10 heterocycles. The fourth-order valence-electron chi connectivity index (χ4n) is 17.5. The molecule has 51 nitrogen and oxygen atoms in total. The monoisotopic (exact) mass is 1850 g/mol. The van der Waals surface area contributed by atoms with Crippen molar-refractivity contribution < 1.29 is 254 Å². The number of carbonyl (C=O) groups excluding carboxylic acids is 10. The number of benzene rings is 10. The molecule has 10 atom stereocenters. The number of aliphatic hydroxyl groups is 1. The van der Waals surface area contributed by atoms with Crippen LogP contribution in [0.1, 0.15) is 132 Å². The largest absolute Gasteiger partial charge is 0.504 e. The van der Waals surface area contributed by atoms with E-state index in [0.29, 0.717) is 0 Å². The van der Waals surface area contributed by atoms with Gasteiger partial charge in [-0.25, -0.2) is 47.9 Å². The van der Waals surface area contributed by atoms with Crippen molar-refractivity contribution in [3.8, 4) is 239 Å². The predicted octanol–water partition coefficient (Wildman–Crippen LogP) is 3.05. The van der Waals surface area contributed by atoms with Gasteiger partial charge in [-0.1, -0.05) is 0 Å². The second-order valence-corrected chi connectivity index (χ2v) is 30.3. The highest BCUT2D eigenvalue weighted by Crippen LogP contribution is 2.68. The van der Waals surface area contributed by atoms with Crippen molar-refractivity contribution in [1.82, 2.24) is 0 Å². The lowest BCUT2D eigenvalue weighted by Crippen LogP contribution is -2.56. The van der Waals surface area contributed by atoms with Crippen LogP contribution in [0.15, 0.2) is 30.3 Å². The number of ether oxygens (including phenoxy) is 10. The number of aliphatic hydroxyl groups excluding tert-OH is 1. The number of hydrogen-bond acceptors (Lipinski definition) is 51. The number of carbonyl (C=O) groups is 10. The summed E-state index contributed by atoms with van der Waals surface area (Å²) in [5, 5.41) is 369. The quantitative estimate of drug-likeness (QED) is 0.0638. The van der Waals surface area contributed by atoms with Gasteiger partial charge in [0.25, 0.3) is 0 Å². The number of fused-ring (bicyclic) bond motifs is 14. The second-order valence-electron chi connectivity index (χ2n) is 30.3. The first-order chi connectivity index (χ1) is 62.6. The van der Waals surface area contributed by atoms with Crippen LogP contribution in [0.3, 0.4) is 0 Å². The van der Waals surface area contributed by atoms with Crippen LogP contribution >= 0.6 is 0 Å². The van der Waals surface area contributed by atoms with E-state index in [1.807, 2.05) is 0 Å². The summed E-state index contributed by atoms with van der Waals surface area (Å²) in [5.74, 6) is -84.2. The van der Waals surface area contributed by atoms with Gasteiger partial charge in [0.1, 0.15) is 19.3 Å². The van der Waals surface area contributed by atoms with Crippen LogP contribution in [-0.4, -0.2) is 280 Å². The Balaban J connectivity index is 0.956. The Hall–Kier alpha value is -19.1. The zero-order valence-electron chi connectivity index (χ0n) is 64.6. The van der Waals surface area contributed by atoms with Crippen molar-refractivity contribution in [2.75, 3.05) is 13.2 Å². The molecule has 51 heteroatoms. The highest BCUT2D eigenvalue weighted by molar-refractivity contribution is 6.20. The van der Waals surface area contributed by atoms with Crippen LogP contribution in [0.4, 0.5) is 0 Å². The van der Waals surface area contributed by atoms with Gasteiger partial charge in [0.2, 0.25) is 57.5 Å². The molecule has 10 aliphatic heterocycles. The van der Waals surface area contributed by atoms with Crippen molar-refractivity contribution in [3.05, 3.63) is 103 Å². The zero-order valence-corrected chi connectivity index (χ0v) is 64.6. The average Bonchev–Trinajstić information content (AvgIpc) is 1.44. The van der Waals surface area contributed by atoms with E-state index in [1.54, 1.807) is 0 Å². The molecule has 0 amide bonds. The van der Waals surface area contributed by atoms with Crippen LogP contribution < -0.4 is 0 Å². The molecular formula is C82H50O51. The van der Waals surface area contributed by atoms with E-state index in [9.17, 15) is 168 Å². The minimum Gasteiger partial charge on any atom is -0.504 e. The van der Waals surface area contributed by atoms with Crippen molar-refractivity contribution in [1.29, 1.82) is 0 Å². The average molecular weight is 1850 g/mol. The standard InChI is InChI=1S/C82H50O51/c83-13-1-8-20(46(93)41(13)88)21-9(2-14(84)42(89)47(21)94)76(117)128-67-18(6-124-73(8)114)126-74(115)10-3-15(85)43(90)48(95)22(10)26-36-28(54(101)62(109)52(26)99)29-38-33(59(106)65(112)55(29)102)34(69(130-79(38)120)71(67)132-80(36)121)32-35-25(51(98)64(111)58(32)105)24-12(5-17(87)45(92)50(24)97)77(118)129-68-19(7-125-78(35)119)127-75(116)11-4-16(86)44(91)49(96)23(11)27-37-30(56(103)63(110)53(27)100)31-39-40(60(107)66(113)57(31)104)61(108)70(131-82(39)123)72(68)133-81(37)122/h1-5,18-19,34,61,67-72,83-113H,6-7H2/t18-,19-,34+,61-,67-,68-,69+,70+,71+,72+/m1/s1. The van der Waals surface area contributed by atoms with E-state index in [-0.39, 0.29) is 30.3 Å². The summed E-state index contributed by atoms with van der Waals surface area (Å²) in [4.78, 5) is 159. The third-order valence-corrected chi connectivity index (χ3v) is 23.4. The van der Waals surface area contributed by atoms with Gasteiger partial charge in [-0.2, -0.15) is 0 Å². The Bertz CT molecular complexity index is 7280. The number of aromatic hydroxyl groups is 30. The number of hydrogen-bond donors (Lipinski definition) is 31. The van der Waals surface area contributed by atoms with Crippen LogP contribution in [0.25, 0.3) is 66.8 Å². The highest BCUT2D eigenvalue weighted by atomic mass is 16.7. The third-order valence-electron chi connectivity index (χ3n) is 23.4. The maximum Gasteiger partial charge on any atom is 0.340 e. The Morgan fingerprint density at radius 1 is 0.180 bits per heavy atom. The molecule has 133 heavy (non-hydrogen) atoms. The van der Waals surface area contributed by atoms with Crippen LogP contribution in [0.2, 0.25) is 0 Å². The Morgan fingerprint density at radius 3 is 0.729 bits per heavy atom. The maximum atomic E-state index is 16.8. The van der Waals surface area contributed by atoms with E-state index in [4.69, 9.17) is 47.4 Å². The smallest absolute Gasteiger partial charge is 0.340 e. The fraction of sp³-hybridized carbons (Fsp3) is 0.146. The van der Waals surface area contributed by atoms with Gasteiger partial charge in [0.15, 0.2) is 164 Å². The summed E-state index contributed by atoms with van der Waals surface area (Å²) in [6, 6.07) is 0.454. The lowest BCUT2D eigenvalue weighted by Gasteiger charge is -2.43. The Morgan fingerprint density at radius 2 is 0.391 bits per heavy atom. The van der Waals surface area contributed by atoms with Gasteiger partial charge in [0.05, 0.1) is 61.6 Å². The topological polar surface area (TPSA) is 890 Å². The van der Waals surface area contributed by atoms with Crippen molar-refractivity contribution in [2.45, 2.75) is 60.9 Å². The Kier molecular flexibility index (Phi) is 18.1. The van der Waals surface area contributed by atoms with Gasteiger partial charge in [-0.15, -0.1) is 0 Å². The summed E-state index contributed by atoms with van der Waals surface area (Å²) in [7, 11) is 0. The molecule has 31 N–H and O–H groups in total. The molecule has 0 radical (unpaired) electrons. The highest BCUT2D eigenvalue weighted by Gasteiger charge is 2.61. The predicted molar refractivity (Wildman–Crippen MR) is 409 cm³/mol. The maximum absolute atomic E-state index is 16.8. The number of phenolic OH excluding ortho intramolecular Hbond substituents is 30. The van der Waals surface area contributed by atoms with Gasteiger partial charge in [0, 0.05) is 83.5 Å². The molecule has 0 saturated carbocycles. The van der Waals surface area contributed by atoms with Gasteiger partial charge < -0.3 is 206 Å². The Labute approximate surface area is 726 Å². The van der Waals surface area contributed by atoms with E-state index in [1.165, 1.54) is 0 Å². The molecule has 0 fully saturated rings. The zero-order chi connectivity index (χ0) is 96.3. The summed E-state index contributed by atoms with van der Waals surface area (Å²) >= 11 is 0. The number of esters is 10. The molecule has 0 unspecified atom stereocenters. The number of rotatable bonds is 1. The van der Waals surface area contributed by atoms with Gasteiger partial charge >= 0.3 is 59.7 Å². The van der Waals surface area contributed by atoms with Crippen molar-refractivity contribution >= 4 is 59.7 Å². The van der Waals surface area contributed by atoms with Crippen molar-refractivity contribution in [3.63, 3.8) is 0 Å². The molecule has 12 bridgehead atoms. The number of phenols is 30. The van der Waals surface area contributed by atoms with E-state index >= 15 is 38.4 Å². The second kappa shape index (κ2) is 28.4. The summed E-state index contributed by atoms with van der Waals surface area (Å²) in [6.07, 6.45) is -30.1. The van der Waals surface area contributed by atoms with E-state index in [2.05, 4.69) is 0 Å². The molecule has 20 rings (SSSR count). The lowest BCUT2D eigenvalue weighted by atomic mass is 9.72.